The third-order valence-electron chi connectivity index (χ3n) is 7.17. The summed E-state index contributed by atoms with van der Waals surface area (Å²) in [5.41, 5.74) is 9.82. The van der Waals surface area contributed by atoms with Gasteiger partial charge in [-0.15, -0.1) is 0 Å². The number of halogens is 2. The molecule has 0 aliphatic carbocycles. The van der Waals surface area contributed by atoms with Gasteiger partial charge in [0.1, 0.15) is 0 Å². The average Bonchev–Trinajstić information content (AvgIpc) is 2.97. The molecular formula is C31H35Cl2N5O4. The second-order valence-electron chi connectivity index (χ2n) is 10.2. The highest BCUT2D eigenvalue weighted by atomic mass is 35.5. The van der Waals surface area contributed by atoms with Crippen molar-refractivity contribution in [2.24, 2.45) is 5.73 Å². The van der Waals surface area contributed by atoms with Gasteiger partial charge >= 0.3 is 0 Å². The second kappa shape index (κ2) is 14.5. The standard InChI is InChI=1S/C31H35Cl2N5O4/c1-21(39)35-25-9-7-23(8-10-25)22-3-5-24(6-4-22)29(18-37-13-15-42-16-14-37)36(2)31(41)20-38(19-30(34)40)26-11-12-27(32)28(33)17-26/h3-12,17,29H,13-16,18-20H2,1-2H3,(H2,34,40)(H,35,39). The Morgan fingerprint density at radius 1 is 0.929 bits per heavy atom. The van der Waals surface area contributed by atoms with Crippen molar-refractivity contribution >= 4 is 52.3 Å². The molecule has 0 spiro atoms. The molecule has 1 saturated heterocycles. The van der Waals surface area contributed by atoms with Crippen LogP contribution in [-0.2, 0) is 19.1 Å². The van der Waals surface area contributed by atoms with E-state index < -0.39 is 5.91 Å². The quantitative estimate of drug-likeness (QED) is 0.332. The third kappa shape index (κ3) is 8.45. The molecule has 3 amide bonds. The lowest BCUT2D eigenvalue weighted by molar-refractivity contribution is -0.131. The molecule has 1 heterocycles. The molecule has 222 valence electrons. The van der Waals surface area contributed by atoms with E-state index in [1.165, 1.54) is 6.92 Å². The molecule has 4 rings (SSSR count). The van der Waals surface area contributed by atoms with Gasteiger partial charge in [0.2, 0.25) is 17.7 Å². The van der Waals surface area contributed by atoms with Crippen LogP contribution in [0.5, 0.6) is 0 Å². The molecule has 3 aromatic rings. The van der Waals surface area contributed by atoms with Gasteiger partial charge in [-0.2, -0.15) is 0 Å². The lowest BCUT2D eigenvalue weighted by atomic mass is 9.99. The molecule has 1 aliphatic rings. The number of carbonyl (C=O) groups is 3. The molecule has 3 aromatic carbocycles. The first-order valence-electron chi connectivity index (χ1n) is 13.6. The van der Waals surface area contributed by atoms with E-state index in [2.05, 4.69) is 10.2 Å². The van der Waals surface area contributed by atoms with Crippen molar-refractivity contribution in [3.8, 4) is 11.1 Å². The number of amides is 3. The molecule has 0 radical (unpaired) electrons. The van der Waals surface area contributed by atoms with E-state index in [0.29, 0.717) is 35.5 Å². The van der Waals surface area contributed by atoms with Gasteiger partial charge in [0.25, 0.3) is 0 Å². The van der Waals surface area contributed by atoms with Crippen LogP contribution in [0, 0.1) is 0 Å². The highest BCUT2D eigenvalue weighted by Crippen LogP contribution is 2.29. The van der Waals surface area contributed by atoms with Gasteiger partial charge in [0.15, 0.2) is 0 Å². The number of nitrogens with one attached hydrogen (secondary N) is 1. The number of primary amides is 1. The van der Waals surface area contributed by atoms with Gasteiger partial charge in [0.05, 0.1) is 42.4 Å². The molecule has 42 heavy (non-hydrogen) atoms. The Morgan fingerprint density at radius 2 is 1.55 bits per heavy atom. The highest BCUT2D eigenvalue weighted by Gasteiger charge is 2.27. The zero-order chi connectivity index (χ0) is 30.2. The molecule has 9 nitrogen and oxygen atoms in total. The minimum atomic E-state index is -0.568. The van der Waals surface area contributed by atoms with Crippen LogP contribution in [0.3, 0.4) is 0 Å². The normalized spacial score (nSPS) is 14.2. The maximum atomic E-state index is 13.7. The first-order chi connectivity index (χ1) is 20.1. The predicted molar refractivity (Wildman–Crippen MR) is 167 cm³/mol. The Morgan fingerprint density at radius 3 is 2.12 bits per heavy atom. The monoisotopic (exact) mass is 611 g/mol. The van der Waals surface area contributed by atoms with Crippen LogP contribution in [0.25, 0.3) is 11.1 Å². The minimum absolute atomic E-state index is 0.0737. The Bertz CT molecular complexity index is 1400. The maximum absolute atomic E-state index is 13.7. The average molecular weight is 613 g/mol. The van der Waals surface area contributed by atoms with Crippen molar-refractivity contribution in [2.75, 3.05) is 63.2 Å². The van der Waals surface area contributed by atoms with E-state index >= 15 is 0 Å². The Hall–Kier alpha value is -3.63. The van der Waals surface area contributed by atoms with E-state index in [-0.39, 0.29) is 30.9 Å². The van der Waals surface area contributed by atoms with Crippen molar-refractivity contribution < 1.29 is 19.1 Å². The predicted octanol–water partition coefficient (Wildman–Crippen LogP) is 4.44. The van der Waals surface area contributed by atoms with Gasteiger partial charge in [-0.3, -0.25) is 19.3 Å². The van der Waals surface area contributed by atoms with Crippen molar-refractivity contribution in [1.82, 2.24) is 9.80 Å². The fourth-order valence-corrected chi connectivity index (χ4v) is 5.18. The summed E-state index contributed by atoms with van der Waals surface area (Å²) in [5, 5.41) is 3.47. The Labute approximate surface area is 256 Å². The van der Waals surface area contributed by atoms with Crippen LogP contribution < -0.4 is 16.0 Å². The number of carbonyl (C=O) groups excluding carboxylic acids is 3. The first kappa shape index (κ1) is 31.3. The number of morpholine rings is 1. The summed E-state index contributed by atoms with van der Waals surface area (Å²) in [7, 11) is 1.78. The highest BCUT2D eigenvalue weighted by molar-refractivity contribution is 6.42. The molecule has 1 atom stereocenters. The van der Waals surface area contributed by atoms with Crippen LogP contribution >= 0.6 is 23.2 Å². The van der Waals surface area contributed by atoms with Gasteiger partial charge in [0, 0.05) is 45.0 Å². The van der Waals surface area contributed by atoms with Crippen molar-refractivity contribution in [3.63, 3.8) is 0 Å². The van der Waals surface area contributed by atoms with Gasteiger partial charge in [-0.05, 0) is 47.0 Å². The number of hydrogen-bond donors (Lipinski definition) is 2. The molecule has 1 unspecified atom stereocenters. The summed E-state index contributed by atoms with van der Waals surface area (Å²) in [4.78, 5) is 42.5. The third-order valence-corrected chi connectivity index (χ3v) is 7.91. The molecule has 0 bridgehead atoms. The SMILES string of the molecule is CC(=O)Nc1ccc(-c2ccc(C(CN3CCOCC3)N(C)C(=O)CN(CC(N)=O)c3ccc(Cl)c(Cl)c3)cc2)cc1. The molecule has 1 fully saturated rings. The largest absolute Gasteiger partial charge is 0.379 e. The molecule has 0 saturated carbocycles. The summed E-state index contributed by atoms with van der Waals surface area (Å²) in [6.07, 6.45) is 0. The molecule has 1 aliphatic heterocycles. The fraction of sp³-hybridized carbons (Fsp3) is 0.323. The molecular weight excluding hydrogens is 577 g/mol. The number of rotatable bonds is 11. The first-order valence-corrected chi connectivity index (χ1v) is 14.4. The van der Waals surface area contributed by atoms with Crippen LogP contribution in [0.1, 0.15) is 18.5 Å². The van der Waals surface area contributed by atoms with Gasteiger partial charge in [-0.1, -0.05) is 59.6 Å². The van der Waals surface area contributed by atoms with E-state index in [1.807, 2.05) is 48.5 Å². The number of anilines is 2. The van der Waals surface area contributed by atoms with Crippen molar-refractivity contribution in [2.45, 2.75) is 13.0 Å². The molecule has 11 heteroatoms. The van der Waals surface area contributed by atoms with Crippen LogP contribution in [0.4, 0.5) is 11.4 Å². The summed E-state index contributed by atoms with van der Waals surface area (Å²) in [6, 6.07) is 20.5. The van der Waals surface area contributed by atoms with Crippen LogP contribution in [0.2, 0.25) is 10.0 Å². The van der Waals surface area contributed by atoms with Crippen LogP contribution in [-0.4, -0.2) is 80.5 Å². The second-order valence-corrected chi connectivity index (χ2v) is 11.0. The zero-order valence-corrected chi connectivity index (χ0v) is 25.2. The Kier molecular flexibility index (Phi) is 10.8. The topological polar surface area (TPSA) is 108 Å². The van der Waals surface area contributed by atoms with E-state index in [1.54, 1.807) is 35.0 Å². The van der Waals surface area contributed by atoms with E-state index in [9.17, 15) is 14.4 Å². The van der Waals surface area contributed by atoms with Crippen LogP contribution in [0.15, 0.2) is 66.7 Å². The number of ether oxygens (including phenoxy) is 1. The number of hydrogen-bond acceptors (Lipinski definition) is 6. The van der Waals surface area contributed by atoms with E-state index in [4.69, 9.17) is 33.7 Å². The zero-order valence-electron chi connectivity index (χ0n) is 23.7. The lowest BCUT2D eigenvalue weighted by Crippen LogP contribution is -2.47. The van der Waals surface area contributed by atoms with Gasteiger partial charge in [-0.25, -0.2) is 0 Å². The van der Waals surface area contributed by atoms with Crippen molar-refractivity contribution in [1.29, 1.82) is 0 Å². The number of nitrogens with zero attached hydrogens (tertiary/aromatic N) is 3. The maximum Gasteiger partial charge on any atom is 0.242 e. The summed E-state index contributed by atoms with van der Waals surface area (Å²) in [5.74, 6) is -0.868. The van der Waals surface area contributed by atoms with Crippen molar-refractivity contribution in [3.05, 3.63) is 82.3 Å². The smallest absolute Gasteiger partial charge is 0.242 e. The molecule has 0 aromatic heterocycles. The van der Waals surface area contributed by atoms with E-state index in [0.717, 1.165) is 35.5 Å². The number of likely N-dealkylation sites (N-methyl/N-ethyl adjacent to an activating group) is 1. The minimum Gasteiger partial charge on any atom is -0.379 e. The summed E-state index contributed by atoms with van der Waals surface area (Å²) < 4.78 is 5.53. The fourth-order valence-electron chi connectivity index (χ4n) is 4.88. The Balaban J connectivity index is 1.56. The van der Waals surface area contributed by atoms with Gasteiger partial charge < -0.3 is 25.6 Å². The number of benzene rings is 3. The number of nitrogens with two attached hydrogens (primary N) is 1. The lowest BCUT2D eigenvalue weighted by Gasteiger charge is -2.36. The summed E-state index contributed by atoms with van der Waals surface area (Å²) in [6.45, 7) is 4.70. The molecule has 3 N–H and O–H groups in total. The summed E-state index contributed by atoms with van der Waals surface area (Å²) >= 11 is 12.3.